The predicted molar refractivity (Wildman–Crippen MR) is 60.7 cm³/mol. The Morgan fingerprint density at radius 3 is 2.67 bits per heavy atom. The minimum absolute atomic E-state index is 0.0550. The third-order valence-electron chi connectivity index (χ3n) is 2.96. The van der Waals surface area contributed by atoms with Gasteiger partial charge in [-0.2, -0.15) is 0 Å². The molecule has 0 spiro atoms. The summed E-state index contributed by atoms with van der Waals surface area (Å²) in [6, 6.07) is 0. The van der Waals surface area contributed by atoms with Crippen molar-refractivity contribution >= 4 is 0 Å². The molecule has 1 aliphatic rings. The Morgan fingerprint density at radius 1 is 1.53 bits per heavy atom. The highest BCUT2D eigenvalue weighted by atomic mass is 16.5. The molecule has 1 atom stereocenters. The molecular formula is C11H24N2O2. The van der Waals surface area contributed by atoms with E-state index in [9.17, 15) is 5.11 Å². The summed E-state index contributed by atoms with van der Waals surface area (Å²) in [6.07, 6.45) is 1.99. The number of aliphatic hydroxyl groups excluding tert-OH is 1. The summed E-state index contributed by atoms with van der Waals surface area (Å²) < 4.78 is 5.50. The van der Waals surface area contributed by atoms with Crippen LogP contribution in [0, 0.1) is 5.92 Å². The first-order chi connectivity index (χ1) is 7.15. The Morgan fingerprint density at radius 2 is 2.20 bits per heavy atom. The van der Waals surface area contributed by atoms with Gasteiger partial charge in [0.25, 0.3) is 0 Å². The Hall–Kier alpha value is -0.160. The molecule has 1 unspecified atom stereocenters. The average molecular weight is 216 g/mol. The summed E-state index contributed by atoms with van der Waals surface area (Å²) in [5, 5.41) is 9.18. The minimum atomic E-state index is -0.0550. The summed E-state index contributed by atoms with van der Waals surface area (Å²) in [5.74, 6) is 0.657. The number of nitrogens with two attached hydrogens (primary N) is 1. The quantitative estimate of drug-likeness (QED) is 0.631. The van der Waals surface area contributed by atoms with Gasteiger partial charge in [-0.15, -0.1) is 0 Å². The number of likely N-dealkylation sites (N-methyl/N-ethyl adjacent to an activating group) is 1. The predicted octanol–water partition coefficient (Wildman–Crippen LogP) is 0.0529. The summed E-state index contributed by atoms with van der Waals surface area (Å²) in [5.41, 5.74) is 5.61. The van der Waals surface area contributed by atoms with Crippen molar-refractivity contribution in [2.24, 2.45) is 11.7 Å². The second-order valence-electron chi connectivity index (χ2n) is 4.53. The van der Waals surface area contributed by atoms with E-state index in [1.807, 2.05) is 6.92 Å². The van der Waals surface area contributed by atoms with Crippen LogP contribution in [0.1, 0.15) is 19.8 Å². The number of hydrogen-bond donors (Lipinski definition) is 2. The number of rotatable bonds is 7. The summed E-state index contributed by atoms with van der Waals surface area (Å²) in [6.45, 7) is 5.21. The van der Waals surface area contributed by atoms with E-state index in [1.54, 1.807) is 0 Å². The van der Waals surface area contributed by atoms with Crippen molar-refractivity contribution in [2.75, 3.05) is 33.3 Å². The van der Waals surface area contributed by atoms with Crippen LogP contribution in [0.5, 0.6) is 0 Å². The molecule has 15 heavy (non-hydrogen) atoms. The highest BCUT2D eigenvalue weighted by Gasteiger charge is 2.28. The van der Waals surface area contributed by atoms with Crippen LogP contribution in [-0.2, 0) is 4.74 Å². The molecule has 0 bridgehead atoms. The molecule has 0 aromatic carbocycles. The zero-order valence-electron chi connectivity index (χ0n) is 9.85. The number of aliphatic hydroxyl groups is 1. The standard InChI is InChI=1S/C11H24N2O2/c1-3-15-11(6-12)8-13(2)7-9-4-10(14)5-9/h9-11,14H,3-8,12H2,1-2H3. The molecule has 1 fully saturated rings. The fourth-order valence-electron chi connectivity index (χ4n) is 2.14. The number of hydrogen-bond acceptors (Lipinski definition) is 4. The Balaban J connectivity index is 2.13. The average Bonchev–Trinajstić information content (AvgIpc) is 2.14. The molecule has 1 rings (SSSR count). The highest BCUT2D eigenvalue weighted by molar-refractivity contribution is 4.81. The molecule has 0 radical (unpaired) electrons. The Kier molecular flexibility index (Phi) is 5.53. The Bertz CT molecular complexity index is 172. The fraction of sp³-hybridized carbons (Fsp3) is 1.00. The van der Waals surface area contributed by atoms with Crippen molar-refractivity contribution in [3.8, 4) is 0 Å². The van der Waals surface area contributed by atoms with Gasteiger partial charge in [0.05, 0.1) is 12.2 Å². The molecule has 0 heterocycles. The first-order valence-corrected chi connectivity index (χ1v) is 5.84. The molecule has 0 aliphatic heterocycles. The first-order valence-electron chi connectivity index (χ1n) is 5.84. The van der Waals surface area contributed by atoms with Crippen LogP contribution in [0.2, 0.25) is 0 Å². The maximum atomic E-state index is 9.18. The van der Waals surface area contributed by atoms with Gasteiger partial charge in [0, 0.05) is 26.2 Å². The normalized spacial score (nSPS) is 27.8. The summed E-state index contributed by atoms with van der Waals surface area (Å²) >= 11 is 0. The molecule has 90 valence electrons. The van der Waals surface area contributed by atoms with E-state index >= 15 is 0 Å². The van der Waals surface area contributed by atoms with E-state index in [0.29, 0.717) is 12.5 Å². The number of nitrogens with zero attached hydrogens (tertiary/aromatic N) is 1. The lowest BCUT2D eigenvalue weighted by Crippen LogP contribution is -2.42. The van der Waals surface area contributed by atoms with Crippen molar-refractivity contribution in [1.82, 2.24) is 4.90 Å². The number of ether oxygens (including phenoxy) is 1. The van der Waals surface area contributed by atoms with Crippen molar-refractivity contribution < 1.29 is 9.84 Å². The van der Waals surface area contributed by atoms with Crippen molar-refractivity contribution in [1.29, 1.82) is 0 Å². The van der Waals surface area contributed by atoms with Gasteiger partial charge < -0.3 is 20.5 Å². The molecule has 3 N–H and O–H groups in total. The molecule has 0 aromatic rings. The van der Waals surface area contributed by atoms with E-state index in [-0.39, 0.29) is 12.2 Å². The molecule has 0 aromatic heterocycles. The lowest BCUT2D eigenvalue weighted by Gasteiger charge is -2.35. The minimum Gasteiger partial charge on any atom is -0.393 e. The highest BCUT2D eigenvalue weighted by Crippen LogP contribution is 2.27. The molecule has 4 nitrogen and oxygen atoms in total. The van der Waals surface area contributed by atoms with Gasteiger partial charge >= 0.3 is 0 Å². The second-order valence-corrected chi connectivity index (χ2v) is 4.53. The first kappa shape index (κ1) is 12.9. The summed E-state index contributed by atoms with van der Waals surface area (Å²) in [4.78, 5) is 2.25. The van der Waals surface area contributed by atoms with Gasteiger partial charge in [-0.05, 0) is 32.7 Å². The third kappa shape index (κ3) is 4.47. The van der Waals surface area contributed by atoms with Crippen LogP contribution in [0.4, 0.5) is 0 Å². The van der Waals surface area contributed by atoms with E-state index in [4.69, 9.17) is 10.5 Å². The fourth-order valence-corrected chi connectivity index (χ4v) is 2.14. The van der Waals surface area contributed by atoms with Gasteiger partial charge in [-0.1, -0.05) is 0 Å². The SMILES string of the molecule is CCOC(CN)CN(C)CC1CC(O)C1. The lowest BCUT2D eigenvalue weighted by molar-refractivity contribution is 0.00930. The van der Waals surface area contributed by atoms with E-state index in [2.05, 4.69) is 11.9 Å². The monoisotopic (exact) mass is 216 g/mol. The van der Waals surface area contributed by atoms with Crippen molar-refractivity contribution in [3.63, 3.8) is 0 Å². The van der Waals surface area contributed by atoms with Crippen LogP contribution < -0.4 is 5.73 Å². The van der Waals surface area contributed by atoms with E-state index < -0.39 is 0 Å². The van der Waals surface area contributed by atoms with Gasteiger partial charge in [-0.3, -0.25) is 0 Å². The molecular weight excluding hydrogens is 192 g/mol. The lowest BCUT2D eigenvalue weighted by atomic mass is 9.82. The molecule has 4 heteroatoms. The van der Waals surface area contributed by atoms with Crippen LogP contribution in [-0.4, -0.2) is 55.5 Å². The largest absolute Gasteiger partial charge is 0.393 e. The van der Waals surface area contributed by atoms with Crippen LogP contribution in [0.3, 0.4) is 0 Å². The van der Waals surface area contributed by atoms with Gasteiger partial charge in [0.1, 0.15) is 0 Å². The van der Waals surface area contributed by atoms with Crippen LogP contribution >= 0.6 is 0 Å². The topological polar surface area (TPSA) is 58.7 Å². The van der Waals surface area contributed by atoms with Gasteiger partial charge in [0.15, 0.2) is 0 Å². The maximum absolute atomic E-state index is 9.18. The maximum Gasteiger partial charge on any atom is 0.0823 e. The van der Waals surface area contributed by atoms with E-state index in [1.165, 1.54) is 0 Å². The van der Waals surface area contributed by atoms with Gasteiger partial charge in [-0.25, -0.2) is 0 Å². The third-order valence-corrected chi connectivity index (χ3v) is 2.96. The Labute approximate surface area is 92.4 Å². The second kappa shape index (κ2) is 6.43. The van der Waals surface area contributed by atoms with Crippen LogP contribution in [0.25, 0.3) is 0 Å². The molecule has 0 saturated heterocycles. The smallest absolute Gasteiger partial charge is 0.0823 e. The molecule has 1 saturated carbocycles. The van der Waals surface area contributed by atoms with Crippen molar-refractivity contribution in [2.45, 2.75) is 32.0 Å². The zero-order chi connectivity index (χ0) is 11.3. The van der Waals surface area contributed by atoms with Gasteiger partial charge in [0.2, 0.25) is 0 Å². The molecule has 0 amide bonds. The van der Waals surface area contributed by atoms with Crippen molar-refractivity contribution in [3.05, 3.63) is 0 Å². The zero-order valence-corrected chi connectivity index (χ0v) is 9.85. The van der Waals surface area contributed by atoms with E-state index in [0.717, 1.165) is 32.5 Å². The summed E-state index contributed by atoms with van der Waals surface area (Å²) in [7, 11) is 2.09. The van der Waals surface area contributed by atoms with Crippen LogP contribution in [0.15, 0.2) is 0 Å². The molecule has 1 aliphatic carbocycles.